The molecule has 0 spiro atoms. The molecule has 0 fully saturated rings. The molecule has 0 aliphatic heterocycles. The predicted octanol–water partition coefficient (Wildman–Crippen LogP) is 2.22. The van der Waals surface area contributed by atoms with Gasteiger partial charge in [0.1, 0.15) is 6.54 Å². The van der Waals surface area contributed by atoms with E-state index in [0.717, 1.165) is 6.42 Å². The van der Waals surface area contributed by atoms with Crippen LogP contribution in [-0.2, 0) is 16.0 Å². The van der Waals surface area contributed by atoms with E-state index in [0.29, 0.717) is 25.0 Å². The highest BCUT2D eigenvalue weighted by Gasteiger charge is 2.10. The van der Waals surface area contributed by atoms with Crippen LogP contribution in [0.25, 0.3) is 0 Å². The molecule has 0 bridgehead atoms. The third kappa shape index (κ3) is 8.34. The van der Waals surface area contributed by atoms with Crippen LogP contribution in [0.1, 0.15) is 37.9 Å². The Morgan fingerprint density at radius 3 is 2.38 bits per heavy atom. The second-order valence-electron chi connectivity index (χ2n) is 7.08. The van der Waals surface area contributed by atoms with Crippen molar-refractivity contribution in [2.24, 2.45) is 10.9 Å². The molecule has 0 aliphatic carbocycles. The number of guanidine groups is 1. The lowest BCUT2D eigenvalue weighted by atomic mass is 10.00. The van der Waals surface area contributed by atoms with Gasteiger partial charge in [-0.3, -0.25) is 4.79 Å². The summed E-state index contributed by atoms with van der Waals surface area (Å²) >= 11 is 0. The van der Waals surface area contributed by atoms with Crippen LogP contribution in [0.15, 0.2) is 29.3 Å². The Balaban J connectivity index is 2.74. The Kier molecular flexibility index (Phi) is 9.73. The molecule has 0 aromatic heterocycles. The van der Waals surface area contributed by atoms with Gasteiger partial charge in [-0.2, -0.15) is 0 Å². The Hall–Kier alpha value is -2.08. The van der Waals surface area contributed by atoms with Gasteiger partial charge >= 0.3 is 0 Å². The first-order valence-corrected chi connectivity index (χ1v) is 9.16. The van der Waals surface area contributed by atoms with Crippen LogP contribution in [0.3, 0.4) is 0 Å². The molecule has 1 rings (SSSR count). The van der Waals surface area contributed by atoms with E-state index in [1.165, 1.54) is 16.0 Å². The predicted molar refractivity (Wildman–Crippen MR) is 107 cm³/mol. The molecule has 146 valence electrons. The lowest BCUT2D eigenvalue weighted by Gasteiger charge is -2.19. The van der Waals surface area contributed by atoms with Gasteiger partial charge in [-0.15, -0.1) is 0 Å². The van der Waals surface area contributed by atoms with Crippen molar-refractivity contribution in [1.29, 1.82) is 0 Å². The molecular weight excluding hydrogens is 328 g/mol. The topological polar surface area (TPSA) is 66.0 Å². The average Bonchev–Trinajstić information content (AvgIpc) is 2.59. The summed E-state index contributed by atoms with van der Waals surface area (Å²) < 4.78 is 5.07. The summed E-state index contributed by atoms with van der Waals surface area (Å²) in [6, 6.07) is 8.72. The maximum absolute atomic E-state index is 11.8. The minimum Gasteiger partial charge on any atom is -0.383 e. The quantitative estimate of drug-likeness (QED) is 0.402. The fourth-order valence-electron chi connectivity index (χ4n) is 2.41. The molecule has 1 aromatic carbocycles. The van der Waals surface area contributed by atoms with Crippen molar-refractivity contribution in [3.05, 3.63) is 35.4 Å². The Morgan fingerprint density at radius 1 is 1.19 bits per heavy atom. The van der Waals surface area contributed by atoms with Crippen LogP contribution < -0.4 is 10.6 Å². The Labute approximate surface area is 158 Å². The largest absolute Gasteiger partial charge is 0.383 e. The van der Waals surface area contributed by atoms with Gasteiger partial charge in [-0.25, -0.2) is 4.99 Å². The summed E-state index contributed by atoms with van der Waals surface area (Å²) in [6.45, 7) is 7.83. The highest BCUT2D eigenvalue weighted by Crippen LogP contribution is 2.15. The van der Waals surface area contributed by atoms with Gasteiger partial charge in [0.2, 0.25) is 5.91 Å². The molecular formula is C20H34N4O2. The molecule has 6 nitrogen and oxygen atoms in total. The zero-order chi connectivity index (χ0) is 19.5. The normalized spacial score (nSPS) is 12.8. The number of carbonyl (C=O) groups is 1. The van der Waals surface area contributed by atoms with Crippen molar-refractivity contribution in [2.75, 3.05) is 40.9 Å². The molecule has 1 unspecified atom stereocenters. The Morgan fingerprint density at radius 2 is 1.85 bits per heavy atom. The number of rotatable bonds is 9. The van der Waals surface area contributed by atoms with E-state index < -0.39 is 0 Å². The first kappa shape index (κ1) is 22.0. The van der Waals surface area contributed by atoms with Gasteiger partial charge < -0.3 is 20.3 Å². The van der Waals surface area contributed by atoms with Gasteiger partial charge in [-0.05, 0) is 30.4 Å². The van der Waals surface area contributed by atoms with Crippen molar-refractivity contribution in [3.8, 4) is 0 Å². The summed E-state index contributed by atoms with van der Waals surface area (Å²) in [5, 5.41) is 6.56. The minimum absolute atomic E-state index is 0.0384. The van der Waals surface area contributed by atoms with Crippen molar-refractivity contribution in [1.82, 2.24) is 15.5 Å². The summed E-state index contributed by atoms with van der Waals surface area (Å²) in [5.74, 6) is 1.22. The number of benzene rings is 1. The maximum atomic E-state index is 11.8. The van der Waals surface area contributed by atoms with Crippen molar-refractivity contribution >= 4 is 11.9 Å². The molecule has 1 atom stereocenters. The van der Waals surface area contributed by atoms with Crippen molar-refractivity contribution < 1.29 is 9.53 Å². The summed E-state index contributed by atoms with van der Waals surface area (Å²) in [4.78, 5) is 17.7. The molecule has 0 aliphatic rings. The second-order valence-corrected chi connectivity index (χ2v) is 7.08. The lowest BCUT2D eigenvalue weighted by molar-refractivity contribution is -0.127. The van der Waals surface area contributed by atoms with E-state index >= 15 is 0 Å². The summed E-state index contributed by atoms with van der Waals surface area (Å²) in [6.07, 6.45) is 1.08. The molecule has 0 saturated heterocycles. The van der Waals surface area contributed by atoms with Gasteiger partial charge in [0.25, 0.3) is 0 Å². The Bertz CT molecular complexity index is 568. The second kappa shape index (κ2) is 11.5. The van der Waals surface area contributed by atoms with Gasteiger partial charge in [0.15, 0.2) is 5.96 Å². The van der Waals surface area contributed by atoms with E-state index in [2.05, 4.69) is 60.7 Å². The van der Waals surface area contributed by atoms with Crippen LogP contribution in [0, 0.1) is 5.92 Å². The first-order valence-electron chi connectivity index (χ1n) is 9.16. The highest BCUT2D eigenvalue weighted by molar-refractivity contribution is 5.85. The smallest absolute Gasteiger partial charge is 0.243 e. The zero-order valence-corrected chi connectivity index (χ0v) is 17.0. The number of aliphatic imine (C=N–C) groups is 1. The number of likely N-dealkylation sites (N-methyl/N-ethyl adjacent to an activating group) is 1. The summed E-state index contributed by atoms with van der Waals surface area (Å²) in [5.41, 5.74) is 2.53. The van der Waals surface area contributed by atoms with Crippen LogP contribution >= 0.6 is 0 Å². The number of ether oxygens (including phenoxy) is 1. The monoisotopic (exact) mass is 362 g/mol. The molecule has 1 amide bonds. The minimum atomic E-state index is -0.0384. The zero-order valence-electron chi connectivity index (χ0n) is 17.0. The van der Waals surface area contributed by atoms with Crippen LogP contribution in [0.5, 0.6) is 0 Å². The van der Waals surface area contributed by atoms with E-state index in [1.807, 2.05) is 0 Å². The van der Waals surface area contributed by atoms with E-state index in [4.69, 9.17) is 4.74 Å². The van der Waals surface area contributed by atoms with E-state index in [9.17, 15) is 4.79 Å². The number of methoxy groups -OCH3 is 1. The van der Waals surface area contributed by atoms with Gasteiger partial charge in [0, 0.05) is 27.7 Å². The maximum Gasteiger partial charge on any atom is 0.243 e. The summed E-state index contributed by atoms with van der Waals surface area (Å²) in [7, 11) is 5.11. The average molecular weight is 363 g/mol. The third-order valence-electron chi connectivity index (χ3n) is 3.95. The molecule has 2 N–H and O–H groups in total. The molecule has 26 heavy (non-hydrogen) atoms. The van der Waals surface area contributed by atoms with Gasteiger partial charge in [-0.1, -0.05) is 38.1 Å². The fourth-order valence-corrected chi connectivity index (χ4v) is 2.41. The fraction of sp³-hybridized carbons (Fsp3) is 0.600. The molecule has 1 aromatic rings. The number of carbonyl (C=O) groups excluding carboxylic acids is 1. The van der Waals surface area contributed by atoms with E-state index in [1.54, 1.807) is 21.2 Å². The SMILES string of the molecule is COCCNC(=NCC(=O)N(C)C)NC(C)c1ccc(CC(C)C)cc1. The lowest BCUT2D eigenvalue weighted by Crippen LogP contribution is -2.41. The van der Waals surface area contributed by atoms with Crippen LogP contribution in [0.4, 0.5) is 0 Å². The van der Waals surface area contributed by atoms with Crippen LogP contribution in [-0.4, -0.2) is 57.7 Å². The van der Waals surface area contributed by atoms with Crippen molar-refractivity contribution in [3.63, 3.8) is 0 Å². The highest BCUT2D eigenvalue weighted by atomic mass is 16.5. The van der Waals surface area contributed by atoms with Crippen molar-refractivity contribution in [2.45, 2.75) is 33.2 Å². The first-order chi connectivity index (χ1) is 12.3. The number of hydrogen-bond acceptors (Lipinski definition) is 3. The number of nitrogens with zero attached hydrogens (tertiary/aromatic N) is 2. The number of amides is 1. The third-order valence-corrected chi connectivity index (χ3v) is 3.95. The molecule has 0 heterocycles. The molecule has 6 heteroatoms. The van der Waals surface area contributed by atoms with Gasteiger partial charge in [0.05, 0.1) is 12.6 Å². The molecule has 0 saturated carbocycles. The van der Waals surface area contributed by atoms with Crippen LogP contribution in [0.2, 0.25) is 0 Å². The van der Waals surface area contributed by atoms with E-state index in [-0.39, 0.29) is 18.5 Å². The standard InChI is InChI=1S/C20H34N4O2/c1-15(2)13-17-7-9-18(10-8-17)16(3)23-20(21-11-12-26-6)22-14-19(25)24(4)5/h7-10,15-16H,11-14H2,1-6H3,(H2,21,22,23). The number of nitrogens with one attached hydrogen (secondary N) is 2. The number of hydrogen-bond donors (Lipinski definition) is 2. The molecule has 0 radical (unpaired) electrons.